The first-order valence-corrected chi connectivity index (χ1v) is 7.37. The van der Waals surface area contributed by atoms with Crippen molar-refractivity contribution in [1.29, 1.82) is 0 Å². The zero-order chi connectivity index (χ0) is 12.9. The second-order valence-corrected chi connectivity index (χ2v) is 6.25. The molecule has 0 N–H and O–H groups in total. The summed E-state index contributed by atoms with van der Waals surface area (Å²) < 4.78 is 52.0. The molecule has 0 saturated heterocycles. The van der Waals surface area contributed by atoms with Gasteiger partial charge in [-0.05, 0) is 25.0 Å². The Morgan fingerprint density at radius 3 is 2.59 bits per heavy atom. The number of ether oxygens (including phenoxy) is 1. The van der Waals surface area contributed by atoms with Crippen LogP contribution in [0, 0.1) is 11.6 Å². The Hall–Kier alpha value is -0.880. The molecule has 0 spiro atoms. The van der Waals surface area contributed by atoms with E-state index in [9.17, 15) is 17.2 Å². The number of rotatable bonds is 6. The molecule has 1 rings (SSSR count). The molecule has 17 heavy (non-hydrogen) atoms. The van der Waals surface area contributed by atoms with Gasteiger partial charge in [0.15, 0.2) is 11.6 Å². The Bertz CT molecular complexity index is 476. The summed E-state index contributed by atoms with van der Waals surface area (Å²) in [4.78, 5) is 0. The van der Waals surface area contributed by atoms with Crippen molar-refractivity contribution in [1.82, 2.24) is 0 Å². The van der Waals surface area contributed by atoms with Crippen molar-refractivity contribution < 1.29 is 21.9 Å². The van der Waals surface area contributed by atoms with Crippen molar-refractivity contribution >= 4 is 19.7 Å². The highest BCUT2D eigenvalue weighted by molar-refractivity contribution is 8.13. The van der Waals surface area contributed by atoms with Crippen molar-refractivity contribution in [2.24, 2.45) is 0 Å². The molecule has 0 aromatic heterocycles. The molecule has 0 atom stereocenters. The minimum absolute atomic E-state index is 0.104. The third-order valence-electron chi connectivity index (χ3n) is 1.96. The lowest BCUT2D eigenvalue weighted by Gasteiger charge is -2.06. The molecular weight excluding hydrogens is 274 g/mol. The van der Waals surface area contributed by atoms with Crippen molar-refractivity contribution in [3.63, 3.8) is 0 Å². The molecule has 96 valence electrons. The predicted molar refractivity (Wildman–Crippen MR) is 60.7 cm³/mol. The fraction of sp³-hybridized carbons (Fsp3) is 0.400. The third kappa shape index (κ3) is 5.32. The van der Waals surface area contributed by atoms with E-state index < -0.39 is 20.7 Å². The second-order valence-electron chi connectivity index (χ2n) is 3.35. The van der Waals surface area contributed by atoms with Crippen LogP contribution in [-0.4, -0.2) is 20.8 Å². The van der Waals surface area contributed by atoms with Crippen molar-refractivity contribution in [3.8, 4) is 5.75 Å². The Kier molecular flexibility index (Phi) is 5.14. The molecule has 0 bridgehead atoms. The zero-order valence-electron chi connectivity index (χ0n) is 8.83. The van der Waals surface area contributed by atoms with Crippen LogP contribution in [0.15, 0.2) is 18.2 Å². The largest absolute Gasteiger partial charge is 0.490 e. The molecule has 0 amide bonds. The average molecular weight is 285 g/mol. The smallest absolute Gasteiger partial charge is 0.232 e. The van der Waals surface area contributed by atoms with Gasteiger partial charge in [0.2, 0.25) is 14.9 Å². The highest BCUT2D eigenvalue weighted by atomic mass is 35.7. The normalized spacial score (nSPS) is 11.5. The lowest BCUT2D eigenvalue weighted by molar-refractivity contribution is 0.289. The Morgan fingerprint density at radius 2 is 1.94 bits per heavy atom. The molecule has 7 heteroatoms. The van der Waals surface area contributed by atoms with Gasteiger partial charge in [0.1, 0.15) is 0 Å². The van der Waals surface area contributed by atoms with E-state index in [-0.39, 0.29) is 18.1 Å². The standard InChI is InChI=1S/C10H11ClF2O3S/c11-17(14,15)7-2-1-6-16-9-5-3-4-8(12)10(9)13/h3-5H,1-2,6-7H2. The number of hydrogen-bond acceptors (Lipinski definition) is 3. The van der Waals surface area contributed by atoms with Gasteiger partial charge in [0.05, 0.1) is 12.4 Å². The van der Waals surface area contributed by atoms with E-state index in [2.05, 4.69) is 0 Å². The number of unbranched alkanes of at least 4 members (excludes halogenated alkanes) is 1. The van der Waals surface area contributed by atoms with Crippen LogP contribution >= 0.6 is 10.7 Å². The van der Waals surface area contributed by atoms with Gasteiger partial charge in [0, 0.05) is 10.7 Å². The van der Waals surface area contributed by atoms with Gasteiger partial charge in [-0.25, -0.2) is 12.8 Å². The van der Waals surface area contributed by atoms with E-state index in [1.54, 1.807) is 0 Å². The third-order valence-corrected chi connectivity index (χ3v) is 3.20. The highest BCUT2D eigenvalue weighted by Crippen LogP contribution is 2.19. The van der Waals surface area contributed by atoms with Crippen LogP contribution < -0.4 is 4.74 Å². The maximum absolute atomic E-state index is 13.1. The van der Waals surface area contributed by atoms with Crippen LogP contribution in [0.2, 0.25) is 0 Å². The van der Waals surface area contributed by atoms with E-state index in [0.29, 0.717) is 12.8 Å². The molecule has 0 saturated carbocycles. The minimum atomic E-state index is -3.50. The summed E-state index contributed by atoms with van der Waals surface area (Å²) in [5.74, 6) is -2.37. The molecule has 0 radical (unpaired) electrons. The van der Waals surface area contributed by atoms with E-state index in [1.807, 2.05) is 0 Å². The van der Waals surface area contributed by atoms with Gasteiger partial charge in [-0.3, -0.25) is 0 Å². The van der Waals surface area contributed by atoms with E-state index >= 15 is 0 Å². The first-order chi connectivity index (χ1) is 7.90. The first-order valence-electron chi connectivity index (χ1n) is 4.89. The maximum atomic E-state index is 13.1. The van der Waals surface area contributed by atoms with Crippen LogP contribution in [0.5, 0.6) is 5.75 Å². The molecule has 0 aliphatic carbocycles. The molecule has 0 fully saturated rings. The van der Waals surface area contributed by atoms with Gasteiger partial charge >= 0.3 is 0 Å². The van der Waals surface area contributed by atoms with E-state index in [4.69, 9.17) is 15.4 Å². The van der Waals surface area contributed by atoms with Crippen molar-refractivity contribution in [2.75, 3.05) is 12.4 Å². The van der Waals surface area contributed by atoms with Gasteiger partial charge in [-0.15, -0.1) is 0 Å². The maximum Gasteiger partial charge on any atom is 0.232 e. The summed E-state index contributed by atoms with van der Waals surface area (Å²) in [5.41, 5.74) is 0. The van der Waals surface area contributed by atoms with Gasteiger partial charge < -0.3 is 4.74 Å². The molecule has 0 unspecified atom stereocenters. The first kappa shape index (κ1) is 14.2. The van der Waals surface area contributed by atoms with Crippen molar-refractivity contribution in [2.45, 2.75) is 12.8 Å². The lowest BCUT2D eigenvalue weighted by atomic mass is 10.3. The van der Waals surface area contributed by atoms with E-state index in [1.165, 1.54) is 12.1 Å². The fourth-order valence-corrected chi connectivity index (χ4v) is 2.03. The molecular formula is C10H11ClF2O3S. The van der Waals surface area contributed by atoms with Gasteiger partial charge in [-0.1, -0.05) is 6.07 Å². The molecule has 1 aromatic rings. The van der Waals surface area contributed by atoms with E-state index in [0.717, 1.165) is 6.07 Å². The van der Waals surface area contributed by atoms with Crippen LogP contribution in [0.4, 0.5) is 8.78 Å². The summed E-state index contributed by atoms with van der Waals surface area (Å²) in [7, 11) is 1.50. The SMILES string of the molecule is O=S(=O)(Cl)CCCCOc1cccc(F)c1F. The number of hydrogen-bond donors (Lipinski definition) is 0. The summed E-state index contributed by atoms with van der Waals surface area (Å²) in [6, 6.07) is 3.62. The monoisotopic (exact) mass is 284 g/mol. The Labute approximate surface area is 103 Å². The summed E-state index contributed by atoms with van der Waals surface area (Å²) in [6.45, 7) is 0.104. The Balaban J connectivity index is 2.34. The predicted octanol–water partition coefficient (Wildman–Crippen LogP) is 2.69. The lowest BCUT2D eigenvalue weighted by Crippen LogP contribution is -2.03. The summed E-state index contributed by atoms with van der Waals surface area (Å²) in [5, 5.41) is 0. The van der Waals surface area contributed by atoms with Crippen LogP contribution in [-0.2, 0) is 9.05 Å². The highest BCUT2D eigenvalue weighted by Gasteiger charge is 2.09. The average Bonchev–Trinajstić information content (AvgIpc) is 2.22. The molecule has 1 aromatic carbocycles. The van der Waals surface area contributed by atoms with Crippen molar-refractivity contribution in [3.05, 3.63) is 29.8 Å². The summed E-state index contributed by atoms with van der Waals surface area (Å²) in [6.07, 6.45) is 0.699. The topological polar surface area (TPSA) is 43.4 Å². The van der Waals surface area contributed by atoms with Crippen LogP contribution in [0.25, 0.3) is 0 Å². The van der Waals surface area contributed by atoms with Gasteiger partial charge in [0.25, 0.3) is 0 Å². The molecule has 3 nitrogen and oxygen atoms in total. The zero-order valence-corrected chi connectivity index (χ0v) is 10.4. The molecule has 0 heterocycles. The quantitative estimate of drug-likeness (QED) is 0.596. The Morgan fingerprint density at radius 1 is 1.24 bits per heavy atom. The van der Waals surface area contributed by atoms with Crippen LogP contribution in [0.1, 0.15) is 12.8 Å². The molecule has 0 aliphatic rings. The van der Waals surface area contributed by atoms with Crippen LogP contribution in [0.3, 0.4) is 0 Å². The second kappa shape index (κ2) is 6.16. The van der Waals surface area contributed by atoms with Gasteiger partial charge in [-0.2, -0.15) is 4.39 Å². The number of halogens is 3. The summed E-state index contributed by atoms with van der Waals surface area (Å²) >= 11 is 0. The fourth-order valence-electron chi connectivity index (χ4n) is 1.15. The molecule has 0 aliphatic heterocycles. The number of benzene rings is 1. The minimum Gasteiger partial charge on any atom is -0.490 e.